The fraction of sp³-hybridized carbons (Fsp3) is 0.222. The maximum absolute atomic E-state index is 13.7. The average Bonchev–Trinajstić information content (AvgIpc) is 2.59. The van der Waals surface area contributed by atoms with Gasteiger partial charge in [-0.2, -0.15) is 0 Å². The number of esters is 1. The number of phenols is 1. The molecule has 2 aromatic rings. The molecule has 0 aliphatic rings. The molecule has 0 aliphatic carbocycles. The number of methoxy groups -OCH3 is 1. The van der Waals surface area contributed by atoms with E-state index in [1.807, 2.05) is 0 Å². The molecule has 0 unspecified atom stereocenters. The van der Waals surface area contributed by atoms with E-state index in [0.29, 0.717) is 11.8 Å². The van der Waals surface area contributed by atoms with Crippen molar-refractivity contribution >= 4 is 11.9 Å². The highest BCUT2D eigenvalue weighted by Gasteiger charge is 2.18. The number of carbonyl (C=O) groups excluding carboxylic acids is 2. The molecule has 0 saturated heterocycles. The highest BCUT2D eigenvalue weighted by Crippen LogP contribution is 2.24. The summed E-state index contributed by atoms with van der Waals surface area (Å²) in [4.78, 5) is 23.8. The first-order valence-electron chi connectivity index (χ1n) is 7.60. The smallest absolute Gasteiger partial charge is 0.342 e. The molecule has 0 fully saturated rings. The van der Waals surface area contributed by atoms with Gasteiger partial charge in [-0.15, -0.1) is 0 Å². The molecular weight excluding hydrogens is 348 g/mol. The van der Waals surface area contributed by atoms with Crippen LogP contribution >= 0.6 is 0 Å². The summed E-state index contributed by atoms with van der Waals surface area (Å²) in [6, 6.07) is 6.24. The van der Waals surface area contributed by atoms with E-state index in [0.717, 1.165) is 6.07 Å². The summed E-state index contributed by atoms with van der Waals surface area (Å²) in [5, 5.41) is 12.2. The number of benzene rings is 2. The summed E-state index contributed by atoms with van der Waals surface area (Å²) in [7, 11) is 1.40. The van der Waals surface area contributed by atoms with Gasteiger partial charge >= 0.3 is 5.97 Å². The number of hydrogen-bond donors (Lipinski definition) is 2. The molecule has 138 valence electrons. The van der Waals surface area contributed by atoms with Crippen molar-refractivity contribution in [3.63, 3.8) is 0 Å². The second-order valence-corrected chi connectivity index (χ2v) is 5.41. The minimum atomic E-state index is -0.902. The van der Waals surface area contributed by atoms with Gasteiger partial charge in [0.15, 0.2) is 6.61 Å². The Morgan fingerprint density at radius 3 is 2.54 bits per heavy atom. The largest absolute Gasteiger partial charge is 0.507 e. The number of phenolic OH excluding ortho intramolecular Hbond substituents is 1. The van der Waals surface area contributed by atoms with Gasteiger partial charge in [0, 0.05) is 17.7 Å². The molecular formula is C18H17F2NO5. The topological polar surface area (TPSA) is 84.9 Å². The predicted octanol–water partition coefficient (Wildman–Crippen LogP) is 2.71. The average molecular weight is 365 g/mol. The molecule has 0 bridgehead atoms. The molecule has 2 aromatic carbocycles. The van der Waals surface area contributed by atoms with Crippen LogP contribution in [0.5, 0.6) is 11.5 Å². The van der Waals surface area contributed by atoms with E-state index in [2.05, 4.69) is 5.32 Å². The molecule has 0 spiro atoms. The molecule has 0 heterocycles. The minimum absolute atomic E-state index is 0.0962. The zero-order valence-electron chi connectivity index (χ0n) is 14.1. The Hall–Kier alpha value is -3.16. The van der Waals surface area contributed by atoms with Crippen LogP contribution in [0, 0.1) is 11.6 Å². The lowest BCUT2D eigenvalue weighted by atomic mass is 10.1. The third kappa shape index (κ3) is 4.69. The molecule has 2 N–H and O–H groups in total. The van der Waals surface area contributed by atoms with Gasteiger partial charge in [0.05, 0.1) is 13.2 Å². The Labute approximate surface area is 148 Å². The molecule has 0 aromatic heterocycles. The Kier molecular flexibility index (Phi) is 6.11. The van der Waals surface area contributed by atoms with Gasteiger partial charge in [-0.25, -0.2) is 13.6 Å². The third-order valence-corrected chi connectivity index (χ3v) is 3.57. The van der Waals surface area contributed by atoms with Gasteiger partial charge < -0.3 is 19.9 Å². The number of halogens is 2. The van der Waals surface area contributed by atoms with Crippen molar-refractivity contribution < 1.29 is 33.0 Å². The highest BCUT2D eigenvalue weighted by molar-refractivity contribution is 5.94. The van der Waals surface area contributed by atoms with E-state index in [4.69, 9.17) is 9.47 Å². The molecule has 6 nitrogen and oxygen atoms in total. The van der Waals surface area contributed by atoms with Crippen molar-refractivity contribution in [2.75, 3.05) is 13.7 Å². The van der Waals surface area contributed by atoms with E-state index < -0.39 is 36.2 Å². The number of aromatic hydroxyl groups is 1. The number of rotatable bonds is 6. The molecule has 0 radical (unpaired) electrons. The Morgan fingerprint density at radius 1 is 1.19 bits per heavy atom. The molecule has 2 rings (SSSR count). The molecule has 0 saturated carbocycles. The monoisotopic (exact) mass is 365 g/mol. The van der Waals surface area contributed by atoms with Crippen LogP contribution in [0.15, 0.2) is 36.4 Å². The van der Waals surface area contributed by atoms with Crippen molar-refractivity contribution in [3.05, 3.63) is 59.2 Å². The van der Waals surface area contributed by atoms with Crippen LogP contribution in [0.25, 0.3) is 0 Å². The normalized spacial score (nSPS) is 11.5. The van der Waals surface area contributed by atoms with Crippen LogP contribution in [0.4, 0.5) is 8.78 Å². The number of hydrogen-bond acceptors (Lipinski definition) is 5. The maximum Gasteiger partial charge on any atom is 0.342 e. The van der Waals surface area contributed by atoms with Crippen LogP contribution in [-0.2, 0) is 9.53 Å². The second kappa shape index (κ2) is 8.28. The predicted molar refractivity (Wildman–Crippen MR) is 87.9 cm³/mol. The summed E-state index contributed by atoms with van der Waals surface area (Å²) < 4.78 is 36.3. The summed E-state index contributed by atoms with van der Waals surface area (Å²) in [6.07, 6.45) is 0. The molecule has 1 amide bonds. The summed E-state index contributed by atoms with van der Waals surface area (Å²) in [5.74, 6) is -3.09. The molecule has 8 heteroatoms. The van der Waals surface area contributed by atoms with E-state index in [-0.39, 0.29) is 16.9 Å². The fourth-order valence-corrected chi connectivity index (χ4v) is 2.23. The number of amides is 1. The summed E-state index contributed by atoms with van der Waals surface area (Å²) in [5.41, 5.74) is -0.0323. The van der Waals surface area contributed by atoms with E-state index in [1.54, 1.807) is 0 Å². The SMILES string of the molecule is COc1ccc(C(=O)OCC(=O)N[C@H](C)c2ccc(F)cc2F)c(O)c1. The van der Waals surface area contributed by atoms with Gasteiger partial charge in [0.2, 0.25) is 0 Å². The fourth-order valence-electron chi connectivity index (χ4n) is 2.23. The van der Waals surface area contributed by atoms with Crippen LogP contribution in [-0.4, -0.2) is 30.7 Å². The minimum Gasteiger partial charge on any atom is -0.507 e. The lowest BCUT2D eigenvalue weighted by Gasteiger charge is -2.15. The Balaban J connectivity index is 1.92. The van der Waals surface area contributed by atoms with E-state index in [9.17, 15) is 23.5 Å². The van der Waals surface area contributed by atoms with Gasteiger partial charge in [-0.3, -0.25) is 4.79 Å². The third-order valence-electron chi connectivity index (χ3n) is 3.57. The van der Waals surface area contributed by atoms with Crippen molar-refractivity contribution in [2.24, 2.45) is 0 Å². The maximum atomic E-state index is 13.7. The second-order valence-electron chi connectivity index (χ2n) is 5.41. The van der Waals surface area contributed by atoms with Crippen molar-refractivity contribution in [3.8, 4) is 11.5 Å². The van der Waals surface area contributed by atoms with Crippen molar-refractivity contribution in [1.29, 1.82) is 0 Å². The van der Waals surface area contributed by atoms with Crippen molar-refractivity contribution in [1.82, 2.24) is 5.32 Å². The highest BCUT2D eigenvalue weighted by atomic mass is 19.1. The number of carbonyl (C=O) groups is 2. The number of ether oxygens (including phenoxy) is 2. The first-order valence-corrected chi connectivity index (χ1v) is 7.60. The quantitative estimate of drug-likeness (QED) is 0.769. The van der Waals surface area contributed by atoms with Gasteiger partial charge in [-0.05, 0) is 25.1 Å². The van der Waals surface area contributed by atoms with Crippen LogP contribution in [0.1, 0.15) is 28.9 Å². The van der Waals surface area contributed by atoms with Crippen molar-refractivity contribution in [2.45, 2.75) is 13.0 Å². The van der Waals surface area contributed by atoms with Gasteiger partial charge in [-0.1, -0.05) is 6.07 Å². The molecule has 26 heavy (non-hydrogen) atoms. The summed E-state index contributed by atoms with van der Waals surface area (Å²) >= 11 is 0. The molecule has 0 aliphatic heterocycles. The lowest BCUT2D eigenvalue weighted by molar-refractivity contribution is -0.124. The molecule has 1 atom stereocenters. The summed E-state index contributed by atoms with van der Waals surface area (Å²) in [6.45, 7) is 0.878. The Bertz CT molecular complexity index is 825. The van der Waals surface area contributed by atoms with Crippen LogP contribution in [0.2, 0.25) is 0 Å². The number of nitrogens with one attached hydrogen (secondary N) is 1. The van der Waals surface area contributed by atoms with E-state index >= 15 is 0 Å². The Morgan fingerprint density at radius 2 is 1.92 bits per heavy atom. The van der Waals surface area contributed by atoms with E-state index in [1.165, 1.54) is 38.3 Å². The lowest BCUT2D eigenvalue weighted by Crippen LogP contribution is -2.31. The van der Waals surface area contributed by atoms with Crippen LogP contribution in [0.3, 0.4) is 0 Å². The standard InChI is InChI=1S/C18H17F2NO5/c1-10(13-5-3-11(19)7-15(13)20)21-17(23)9-26-18(24)14-6-4-12(25-2)8-16(14)22/h3-8,10,22H,9H2,1-2H3,(H,21,23)/t10-/m1/s1. The van der Waals surface area contributed by atoms with Gasteiger partial charge in [0.25, 0.3) is 5.91 Å². The zero-order chi connectivity index (χ0) is 19.3. The first kappa shape index (κ1) is 19.2. The van der Waals surface area contributed by atoms with Crippen LogP contribution < -0.4 is 10.1 Å². The first-order chi connectivity index (χ1) is 12.3. The zero-order valence-corrected chi connectivity index (χ0v) is 14.1. The van der Waals surface area contributed by atoms with Gasteiger partial charge in [0.1, 0.15) is 28.7 Å².